The van der Waals surface area contributed by atoms with E-state index in [1.165, 1.54) is 0 Å². The van der Waals surface area contributed by atoms with Crippen molar-refractivity contribution >= 4 is 11.8 Å². The summed E-state index contributed by atoms with van der Waals surface area (Å²) in [6, 6.07) is -0.370. The molecule has 120 valence electrons. The van der Waals surface area contributed by atoms with Crippen LogP contribution in [0.4, 0.5) is 0 Å². The summed E-state index contributed by atoms with van der Waals surface area (Å²) in [6.45, 7) is 10.0. The fourth-order valence-corrected chi connectivity index (χ4v) is 3.12. The smallest absolute Gasteiger partial charge is 0.246 e. The van der Waals surface area contributed by atoms with E-state index in [0.717, 1.165) is 26.1 Å². The molecular formula is C16H28N2O3. The van der Waals surface area contributed by atoms with Gasteiger partial charge < -0.3 is 15.0 Å². The lowest BCUT2D eigenvalue weighted by molar-refractivity contribution is -0.157. The van der Waals surface area contributed by atoms with Gasteiger partial charge in [-0.1, -0.05) is 13.8 Å². The van der Waals surface area contributed by atoms with Gasteiger partial charge in [0.2, 0.25) is 11.8 Å². The first-order valence-electron chi connectivity index (χ1n) is 8.02. The SMILES string of the molecule is CC(C)CC1NC(=O)C(C)(C)N(CC2CCOCC2)C1=O. The molecule has 0 aliphatic carbocycles. The maximum absolute atomic E-state index is 12.8. The first-order valence-corrected chi connectivity index (χ1v) is 8.02. The van der Waals surface area contributed by atoms with Crippen molar-refractivity contribution in [3.63, 3.8) is 0 Å². The second-order valence-corrected chi connectivity index (χ2v) is 7.22. The molecule has 21 heavy (non-hydrogen) atoms. The number of amides is 2. The molecule has 2 saturated heterocycles. The molecule has 0 spiro atoms. The summed E-state index contributed by atoms with van der Waals surface area (Å²) in [5.74, 6) is 0.845. The second-order valence-electron chi connectivity index (χ2n) is 7.22. The summed E-state index contributed by atoms with van der Waals surface area (Å²) < 4.78 is 5.38. The molecule has 0 bridgehead atoms. The Labute approximate surface area is 127 Å². The van der Waals surface area contributed by atoms with E-state index in [4.69, 9.17) is 4.74 Å². The fourth-order valence-electron chi connectivity index (χ4n) is 3.12. The summed E-state index contributed by atoms with van der Waals surface area (Å²) in [7, 11) is 0. The molecule has 5 nitrogen and oxygen atoms in total. The van der Waals surface area contributed by atoms with E-state index in [1.54, 1.807) is 4.90 Å². The highest BCUT2D eigenvalue weighted by molar-refractivity contribution is 5.99. The quantitative estimate of drug-likeness (QED) is 0.856. The number of hydrogen-bond donors (Lipinski definition) is 1. The van der Waals surface area contributed by atoms with Gasteiger partial charge in [-0.2, -0.15) is 0 Å². The van der Waals surface area contributed by atoms with Crippen LogP contribution in [0.3, 0.4) is 0 Å². The highest BCUT2D eigenvalue weighted by Gasteiger charge is 2.46. The summed E-state index contributed by atoms with van der Waals surface area (Å²) in [5.41, 5.74) is -0.761. The van der Waals surface area contributed by atoms with Crippen molar-refractivity contribution in [2.24, 2.45) is 11.8 Å². The molecule has 0 aromatic rings. The van der Waals surface area contributed by atoms with Crippen LogP contribution in [0.5, 0.6) is 0 Å². The van der Waals surface area contributed by atoms with Gasteiger partial charge in [-0.25, -0.2) is 0 Å². The van der Waals surface area contributed by atoms with Gasteiger partial charge in [-0.05, 0) is 44.9 Å². The molecule has 0 saturated carbocycles. The van der Waals surface area contributed by atoms with Crippen molar-refractivity contribution in [2.75, 3.05) is 19.8 Å². The van der Waals surface area contributed by atoms with Crippen LogP contribution in [0.25, 0.3) is 0 Å². The molecule has 5 heteroatoms. The molecule has 2 heterocycles. The van der Waals surface area contributed by atoms with Gasteiger partial charge in [0.1, 0.15) is 11.6 Å². The third kappa shape index (κ3) is 3.57. The molecule has 1 N–H and O–H groups in total. The number of ether oxygens (including phenoxy) is 1. The van der Waals surface area contributed by atoms with Crippen molar-refractivity contribution in [3.8, 4) is 0 Å². The lowest BCUT2D eigenvalue weighted by Crippen LogP contribution is -2.69. The van der Waals surface area contributed by atoms with Crippen molar-refractivity contribution in [2.45, 2.75) is 58.5 Å². The minimum atomic E-state index is -0.761. The second kappa shape index (κ2) is 6.34. The maximum atomic E-state index is 12.8. The standard InChI is InChI=1S/C16H28N2O3/c1-11(2)9-13-14(19)18(16(3,4)15(20)17-13)10-12-5-7-21-8-6-12/h11-13H,5-10H2,1-4H3,(H,17,20). The van der Waals surface area contributed by atoms with Gasteiger partial charge in [-0.3, -0.25) is 9.59 Å². The number of carbonyl (C=O) groups excluding carboxylic acids is 2. The summed E-state index contributed by atoms with van der Waals surface area (Å²) in [4.78, 5) is 27.0. The maximum Gasteiger partial charge on any atom is 0.246 e. The zero-order valence-corrected chi connectivity index (χ0v) is 13.6. The van der Waals surface area contributed by atoms with Crippen molar-refractivity contribution < 1.29 is 14.3 Å². The van der Waals surface area contributed by atoms with Crippen LogP contribution < -0.4 is 5.32 Å². The number of rotatable bonds is 4. The fraction of sp³-hybridized carbons (Fsp3) is 0.875. The van der Waals surface area contributed by atoms with Crippen LogP contribution in [0.1, 0.15) is 47.0 Å². The molecule has 0 radical (unpaired) electrons. The third-order valence-electron chi connectivity index (χ3n) is 4.59. The highest BCUT2D eigenvalue weighted by atomic mass is 16.5. The van der Waals surface area contributed by atoms with E-state index in [0.29, 0.717) is 24.8 Å². The molecule has 0 aromatic carbocycles. The van der Waals surface area contributed by atoms with E-state index in [9.17, 15) is 9.59 Å². The Morgan fingerprint density at radius 2 is 1.90 bits per heavy atom. The molecule has 1 atom stereocenters. The molecule has 0 aromatic heterocycles. The van der Waals surface area contributed by atoms with E-state index < -0.39 is 5.54 Å². The third-order valence-corrected chi connectivity index (χ3v) is 4.59. The summed E-state index contributed by atoms with van der Waals surface area (Å²) in [6.07, 6.45) is 2.64. The van der Waals surface area contributed by atoms with Gasteiger partial charge >= 0.3 is 0 Å². The minimum absolute atomic E-state index is 0.0418. The number of nitrogens with one attached hydrogen (secondary N) is 1. The Morgan fingerprint density at radius 3 is 2.48 bits per heavy atom. The molecule has 2 fully saturated rings. The normalized spacial score (nSPS) is 27.1. The Morgan fingerprint density at radius 1 is 1.29 bits per heavy atom. The first kappa shape index (κ1) is 16.3. The van der Waals surface area contributed by atoms with Crippen molar-refractivity contribution in [1.82, 2.24) is 10.2 Å². The first-order chi connectivity index (χ1) is 9.82. The highest BCUT2D eigenvalue weighted by Crippen LogP contribution is 2.27. The summed E-state index contributed by atoms with van der Waals surface area (Å²) >= 11 is 0. The van der Waals surface area contributed by atoms with E-state index in [1.807, 2.05) is 13.8 Å². The van der Waals surface area contributed by atoms with Gasteiger partial charge in [0.05, 0.1) is 0 Å². The predicted molar refractivity (Wildman–Crippen MR) is 80.7 cm³/mol. The summed E-state index contributed by atoms with van der Waals surface area (Å²) in [5, 5.41) is 2.90. The van der Waals surface area contributed by atoms with Crippen molar-refractivity contribution in [1.29, 1.82) is 0 Å². The Hall–Kier alpha value is -1.10. The Bertz CT molecular complexity index is 400. The zero-order chi connectivity index (χ0) is 15.6. The van der Waals surface area contributed by atoms with Crippen LogP contribution in [0.2, 0.25) is 0 Å². The number of hydrogen-bond acceptors (Lipinski definition) is 3. The molecule has 2 aliphatic rings. The lowest BCUT2D eigenvalue weighted by Gasteiger charge is -2.46. The lowest BCUT2D eigenvalue weighted by atomic mass is 9.89. The minimum Gasteiger partial charge on any atom is -0.381 e. The zero-order valence-electron chi connectivity index (χ0n) is 13.6. The molecular weight excluding hydrogens is 268 g/mol. The largest absolute Gasteiger partial charge is 0.381 e. The van der Waals surface area contributed by atoms with E-state index >= 15 is 0 Å². The number of carbonyl (C=O) groups is 2. The Balaban J connectivity index is 2.12. The molecule has 2 amide bonds. The monoisotopic (exact) mass is 296 g/mol. The van der Waals surface area contributed by atoms with Crippen LogP contribution in [-0.2, 0) is 14.3 Å². The average Bonchev–Trinajstić information content (AvgIpc) is 2.42. The number of nitrogens with zero attached hydrogens (tertiary/aromatic N) is 1. The van der Waals surface area contributed by atoms with Crippen LogP contribution in [-0.4, -0.2) is 48.1 Å². The molecule has 2 aliphatic heterocycles. The van der Waals surface area contributed by atoms with Crippen molar-refractivity contribution in [3.05, 3.63) is 0 Å². The van der Waals surface area contributed by atoms with E-state index in [2.05, 4.69) is 19.2 Å². The Kier molecular flexibility index (Phi) is 4.91. The van der Waals surface area contributed by atoms with Crippen LogP contribution in [0, 0.1) is 11.8 Å². The van der Waals surface area contributed by atoms with Crippen LogP contribution in [0.15, 0.2) is 0 Å². The molecule has 2 rings (SSSR count). The molecule has 1 unspecified atom stereocenters. The van der Waals surface area contributed by atoms with E-state index in [-0.39, 0.29) is 17.9 Å². The van der Waals surface area contributed by atoms with Gasteiger partial charge in [0.15, 0.2) is 0 Å². The van der Waals surface area contributed by atoms with Gasteiger partial charge in [0.25, 0.3) is 0 Å². The van der Waals surface area contributed by atoms with Gasteiger partial charge in [-0.15, -0.1) is 0 Å². The average molecular weight is 296 g/mol. The number of piperazine rings is 1. The van der Waals surface area contributed by atoms with Crippen LogP contribution >= 0.6 is 0 Å². The van der Waals surface area contributed by atoms with Gasteiger partial charge in [0, 0.05) is 19.8 Å². The topological polar surface area (TPSA) is 58.6 Å². The predicted octanol–water partition coefficient (Wildman–Crippen LogP) is 1.56.